The fraction of sp³-hybridized carbons (Fsp3) is 0.333. The number of methoxy groups -OCH3 is 1. The number of benzene rings is 1. The Morgan fingerprint density at radius 2 is 1.98 bits per heavy atom. The molecule has 0 aliphatic heterocycles. The molecule has 1 aromatic carbocycles. The van der Waals surface area contributed by atoms with Gasteiger partial charge in [0.25, 0.3) is 5.91 Å². The lowest BCUT2D eigenvalue weighted by atomic mass is 10.1. The molecular formula is C27H33N9O5. The molecule has 0 radical (unpaired) electrons. The first-order chi connectivity index (χ1) is 19.6. The highest BCUT2D eigenvalue weighted by atomic mass is 16.5. The number of carbonyl (C=O) groups is 3. The number of rotatable bonds is 11. The molecule has 41 heavy (non-hydrogen) atoms. The number of nitrogens with zero attached hydrogens (tertiary/aromatic N) is 5. The first kappa shape index (κ1) is 28.9. The van der Waals surface area contributed by atoms with E-state index in [0.717, 1.165) is 0 Å². The van der Waals surface area contributed by atoms with Crippen LogP contribution in [0.5, 0.6) is 5.75 Å². The van der Waals surface area contributed by atoms with Crippen molar-refractivity contribution in [2.45, 2.75) is 39.9 Å². The van der Waals surface area contributed by atoms with Gasteiger partial charge in [-0.2, -0.15) is 5.10 Å². The van der Waals surface area contributed by atoms with Crippen LogP contribution in [0.2, 0.25) is 0 Å². The van der Waals surface area contributed by atoms with E-state index in [4.69, 9.17) is 10.5 Å². The number of nitrogens with one attached hydrogen (secondary N) is 3. The van der Waals surface area contributed by atoms with Crippen LogP contribution in [0.15, 0.2) is 41.2 Å². The third-order valence-corrected chi connectivity index (χ3v) is 6.39. The summed E-state index contributed by atoms with van der Waals surface area (Å²) in [6.07, 6.45) is 0.475. The number of H-pyrrole nitrogens is 1. The Bertz CT molecular complexity index is 1650. The van der Waals surface area contributed by atoms with E-state index in [2.05, 4.69) is 25.7 Å². The van der Waals surface area contributed by atoms with Crippen molar-refractivity contribution >= 4 is 34.8 Å². The minimum absolute atomic E-state index is 0.214. The molecule has 5 N–H and O–H groups in total. The quantitative estimate of drug-likeness (QED) is 0.201. The van der Waals surface area contributed by atoms with E-state index in [1.807, 2.05) is 6.92 Å². The zero-order valence-electron chi connectivity index (χ0n) is 23.4. The summed E-state index contributed by atoms with van der Waals surface area (Å²) in [6.45, 7) is 5.10. The van der Waals surface area contributed by atoms with Crippen LogP contribution in [0.25, 0.3) is 11.0 Å². The maximum Gasteiger partial charge on any atom is 0.317 e. The van der Waals surface area contributed by atoms with Crippen LogP contribution in [-0.2, 0) is 19.6 Å². The van der Waals surface area contributed by atoms with Gasteiger partial charge < -0.3 is 30.2 Å². The van der Waals surface area contributed by atoms with Gasteiger partial charge in [0.2, 0.25) is 17.4 Å². The standard InChI is InChI=1S/C27H33N9O5/c1-5-36-20(12-16(2)33-36)25(39)32-26-31-19-13-17(24(28)38)14-21(41-4)23(19)35(26)11-7-10-29-27(40)34(3)15-18-8-6-9-22(37)30-18/h6,8-9,12-14H,5,7,10-11,15H2,1-4H3,(H2,28,38)(H,29,40)(H,30,37)(H,31,32,39). The third-order valence-electron chi connectivity index (χ3n) is 6.39. The van der Waals surface area contributed by atoms with Crippen molar-refractivity contribution in [1.29, 1.82) is 0 Å². The number of aromatic amines is 1. The molecule has 14 nitrogen and oxygen atoms in total. The van der Waals surface area contributed by atoms with E-state index in [0.29, 0.717) is 59.9 Å². The van der Waals surface area contributed by atoms with E-state index in [1.54, 1.807) is 41.4 Å². The summed E-state index contributed by atoms with van der Waals surface area (Å²) in [5.41, 5.74) is 8.15. The number of amides is 4. The smallest absolute Gasteiger partial charge is 0.317 e. The number of pyridine rings is 1. The van der Waals surface area contributed by atoms with Crippen LogP contribution in [0.1, 0.15) is 45.6 Å². The Kier molecular flexibility index (Phi) is 8.70. The van der Waals surface area contributed by atoms with Crippen LogP contribution in [0, 0.1) is 6.92 Å². The van der Waals surface area contributed by atoms with Crippen LogP contribution in [-0.4, -0.2) is 67.8 Å². The summed E-state index contributed by atoms with van der Waals surface area (Å²) in [5.74, 6) is -0.437. The molecule has 0 bridgehead atoms. The number of fused-ring (bicyclic) bond motifs is 1. The number of hydrogen-bond donors (Lipinski definition) is 4. The molecule has 4 aromatic rings. The molecule has 4 amide bonds. The lowest BCUT2D eigenvalue weighted by Gasteiger charge is -2.18. The summed E-state index contributed by atoms with van der Waals surface area (Å²) in [4.78, 5) is 58.0. The molecule has 0 spiro atoms. The Morgan fingerprint density at radius 1 is 1.20 bits per heavy atom. The second-order valence-electron chi connectivity index (χ2n) is 9.42. The van der Waals surface area contributed by atoms with Gasteiger partial charge in [-0.1, -0.05) is 6.07 Å². The molecule has 0 fully saturated rings. The maximum atomic E-state index is 13.2. The van der Waals surface area contributed by atoms with Crippen molar-refractivity contribution in [2.24, 2.45) is 5.73 Å². The van der Waals surface area contributed by atoms with Gasteiger partial charge in [-0.15, -0.1) is 0 Å². The zero-order chi connectivity index (χ0) is 29.7. The predicted molar refractivity (Wildman–Crippen MR) is 152 cm³/mol. The highest BCUT2D eigenvalue weighted by Gasteiger charge is 2.21. The minimum atomic E-state index is -0.640. The number of urea groups is 1. The molecule has 14 heteroatoms. The monoisotopic (exact) mass is 563 g/mol. The van der Waals surface area contributed by atoms with E-state index in [-0.39, 0.29) is 29.6 Å². The van der Waals surface area contributed by atoms with Gasteiger partial charge in [-0.25, -0.2) is 9.78 Å². The number of carbonyl (C=O) groups excluding carboxylic acids is 3. The van der Waals surface area contributed by atoms with E-state index in [9.17, 15) is 19.2 Å². The number of primary amides is 1. The summed E-state index contributed by atoms with van der Waals surface area (Å²) >= 11 is 0. The van der Waals surface area contributed by atoms with Crippen molar-refractivity contribution < 1.29 is 19.1 Å². The van der Waals surface area contributed by atoms with Crippen molar-refractivity contribution in [3.8, 4) is 5.75 Å². The average molecular weight is 564 g/mol. The lowest BCUT2D eigenvalue weighted by molar-refractivity contribution is 0.0995. The van der Waals surface area contributed by atoms with Gasteiger partial charge in [0, 0.05) is 44.0 Å². The second-order valence-corrected chi connectivity index (χ2v) is 9.42. The number of hydrogen-bond acceptors (Lipinski definition) is 7. The molecule has 0 unspecified atom stereocenters. The van der Waals surface area contributed by atoms with E-state index >= 15 is 0 Å². The Balaban J connectivity index is 1.54. The molecule has 0 saturated heterocycles. The number of nitrogens with two attached hydrogens (primary N) is 1. The van der Waals surface area contributed by atoms with Crippen molar-refractivity contribution in [3.05, 3.63) is 69.4 Å². The number of imidazole rings is 1. The molecule has 3 aromatic heterocycles. The predicted octanol–water partition coefficient (Wildman–Crippen LogP) is 1.84. The van der Waals surface area contributed by atoms with Gasteiger partial charge in [0.15, 0.2) is 0 Å². The van der Waals surface area contributed by atoms with Crippen molar-refractivity contribution in [3.63, 3.8) is 0 Å². The van der Waals surface area contributed by atoms with Gasteiger partial charge in [-0.3, -0.25) is 24.4 Å². The van der Waals surface area contributed by atoms with Gasteiger partial charge in [0.1, 0.15) is 17.0 Å². The fourth-order valence-corrected chi connectivity index (χ4v) is 4.46. The summed E-state index contributed by atoms with van der Waals surface area (Å²) in [5, 5.41) is 10.0. The van der Waals surface area contributed by atoms with Crippen molar-refractivity contribution in [2.75, 3.05) is 26.0 Å². The largest absolute Gasteiger partial charge is 0.494 e. The number of aromatic nitrogens is 5. The van der Waals surface area contributed by atoms with E-state index in [1.165, 1.54) is 30.2 Å². The number of anilines is 1. The second kappa shape index (κ2) is 12.4. The molecule has 0 aliphatic carbocycles. The first-order valence-electron chi connectivity index (χ1n) is 13.0. The van der Waals surface area contributed by atoms with Crippen LogP contribution >= 0.6 is 0 Å². The molecule has 0 aliphatic rings. The first-order valence-corrected chi connectivity index (χ1v) is 13.0. The highest BCUT2D eigenvalue weighted by molar-refractivity contribution is 6.04. The Morgan fingerprint density at radius 3 is 2.66 bits per heavy atom. The fourth-order valence-electron chi connectivity index (χ4n) is 4.46. The summed E-state index contributed by atoms with van der Waals surface area (Å²) in [7, 11) is 3.09. The molecule has 0 saturated carbocycles. The van der Waals surface area contributed by atoms with E-state index < -0.39 is 11.8 Å². The molecule has 3 heterocycles. The number of ether oxygens (including phenoxy) is 1. The minimum Gasteiger partial charge on any atom is -0.494 e. The van der Waals surface area contributed by atoms with Gasteiger partial charge >= 0.3 is 6.03 Å². The topological polar surface area (TPSA) is 182 Å². The van der Waals surface area contributed by atoms with Crippen LogP contribution in [0.4, 0.5) is 10.7 Å². The molecule has 4 rings (SSSR count). The van der Waals surface area contributed by atoms with Crippen LogP contribution < -0.4 is 26.7 Å². The van der Waals surface area contributed by atoms with Crippen LogP contribution in [0.3, 0.4) is 0 Å². The maximum absolute atomic E-state index is 13.2. The SMILES string of the molecule is CCn1nc(C)cc1C(=O)Nc1nc2cc(C(N)=O)cc(OC)c2n1CCCNC(=O)N(C)Cc1cccc(=O)[nH]1. The third kappa shape index (κ3) is 6.54. The zero-order valence-corrected chi connectivity index (χ0v) is 23.4. The Hall–Kier alpha value is -5.14. The molecule has 0 atom stereocenters. The molecular weight excluding hydrogens is 530 g/mol. The highest BCUT2D eigenvalue weighted by Crippen LogP contribution is 2.31. The van der Waals surface area contributed by atoms with Crippen molar-refractivity contribution in [1.82, 2.24) is 34.5 Å². The summed E-state index contributed by atoms with van der Waals surface area (Å²) in [6, 6.07) is 9.20. The Labute approximate surface area is 235 Å². The van der Waals surface area contributed by atoms with Gasteiger partial charge in [0.05, 0.1) is 24.9 Å². The number of aryl methyl sites for hydroxylation is 3. The molecule has 216 valence electrons. The summed E-state index contributed by atoms with van der Waals surface area (Å²) < 4.78 is 8.91. The van der Waals surface area contributed by atoms with Gasteiger partial charge in [-0.05, 0) is 44.5 Å². The average Bonchev–Trinajstić information content (AvgIpc) is 3.49. The lowest BCUT2D eigenvalue weighted by Crippen LogP contribution is -2.38. The normalized spacial score (nSPS) is 10.9.